The van der Waals surface area contributed by atoms with Gasteiger partial charge in [0.15, 0.2) is 0 Å². The van der Waals surface area contributed by atoms with Gasteiger partial charge in [-0.1, -0.05) is 35.4 Å². The molecule has 0 N–H and O–H groups in total. The van der Waals surface area contributed by atoms with Gasteiger partial charge in [0, 0.05) is 0 Å². The van der Waals surface area contributed by atoms with Crippen LogP contribution in [0.3, 0.4) is 0 Å². The molecule has 0 amide bonds. The molecule has 0 aromatic heterocycles. The zero-order valence-electron chi connectivity index (χ0n) is 13.0. The van der Waals surface area contributed by atoms with Gasteiger partial charge in [-0.05, 0) is 6.42 Å². The summed E-state index contributed by atoms with van der Waals surface area (Å²) >= 11 is 1.51. The Bertz CT molecular complexity index is 615. The Labute approximate surface area is 166 Å². The second-order valence-electron chi connectivity index (χ2n) is 4.65. The van der Waals surface area contributed by atoms with Crippen LogP contribution < -0.4 is 24.8 Å². The molecule has 0 bridgehead atoms. The smallest absolute Gasteiger partial charge is 0.0253 e. The minimum atomic E-state index is 0. The van der Waals surface area contributed by atoms with Gasteiger partial charge in [-0.25, -0.2) is 12.1 Å². The molecule has 0 nitrogen and oxygen atoms in total. The topological polar surface area (TPSA) is 0 Å². The van der Waals surface area contributed by atoms with Gasteiger partial charge in [-0.3, -0.25) is 0 Å². The zero-order chi connectivity index (χ0) is 14.9. The Morgan fingerprint density at radius 3 is 2.17 bits per heavy atom. The van der Waals surface area contributed by atoms with Crippen LogP contribution >= 0.6 is 0 Å². The van der Waals surface area contributed by atoms with Crippen molar-refractivity contribution in [3.63, 3.8) is 0 Å². The van der Waals surface area contributed by atoms with E-state index in [4.69, 9.17) is 0 Å². The Kier molecular flexibility index (Phi) is 12.1. The van der Waals surface area contributed by atoms with Crippen LogP contribution in [0.1, 0.15) is 18.1 Å². The summed E-state index contributed by atoms with van der Waals surface area (Å²) in [7, 11) is 0. The van der Waals surface area contributed by atoms with Gasteiger partial charge in [0.1, 0.15) is 0 Å². The number of hydrogen-bond acceptors (Lipinski definition) is 0. The molecule has 0 heterocycles. The van der Waals surface area contributed by atoms with Crippen molar-refractivity contribution in [3.05, 3.63) is 90.0 Å². The molecule has 0 saturated carbocycles. The van der Waals surface area contributed by atoms with Crippen molar-refractivity contribution in [3.8, 4) is 11.1 Å². The van der Waals surface area contributed by atoms with Crippen LogP contribution in [0.5, 0.6) is 0 Å². The summed E-state index contributed by atoms with van der Waals surface area (Å²) in [5.74, 6) is 0. The van der Waals surface area contributed by atoms with Crippen molar-refractivity contribution in [1.29, 1.82) is 0 Å². The molecule has 0 fully saturated rings. The first-order chi connectivity index (χ1) is 10.4. The molecule has 3 aromatic rings. The predicted octanol–water partition coefficient (Wildman–Crippen LogP) is -1.17. The average Bonchev–Trinajstić information content (AvgIpc) is 3.19. The monoisotopic (exact) mass is 418 g/mol. The van der Waals surface area contributed by atoms with Crippen LogP contribution in [0.2, 0.25) is 0 Å². The largest absolute Gasteiger partial charge is 1.00 e. The molecule has 0 aliphatic heterocycles. The van der Waals surface area contributed by atoms with E-state index in [9.17, 15) is 0 Å². The van der Waals surface area contributed by atoms with Crippen molar-refractivity contribution in [1.82, 2.24) is 0 Å². The quantitative estimate of drug-likeness (QED) is 0.315. The number of rotatable bonds is 0. The fraction of sp³-hybridized carbons (Fsp3) is 0.100. The first kappa shape index (κ1) is 22.1. The normalized spacial score (nSPS) is 9.35. The SMILES string of the molecule is C[CH]=[Zr+2].[Cl-].[Cl-].[c-]1cccc2c1Cc1ccccc1-2.c1cc[cH-]c1. The summed E-state index contributed by atoms with van der Waals surface area (Å²) in [5.41, 5.74) is 5.51. The van der Waals surface area contributed by atoms with E-state index < -0.39 is 0 Å². The van der Waals surface area contributed by atoms with Gasteiger partial charge in [-0.15, -0.1) is 5.56 Å². The fourth-order valence-corrected chi connectivity index (χ4v) is 2.32. The molecular formula is C20H18Cl2Zr-2. The summed E-state index contributed by atoms with van der Waals surface area (Å²) < 4.78 is 2.09. The average molecular weight is 420 g/mol. The Balaban J connectivity index is 0.000000413. The van der Waals surface area contributed by atoms with E-state index in [1.807, 2.05) is 43.3 Å². The van der Waals surface area contributed by atoms with Gasteiger partial charge >= 0.3 is 34.9 Å². The van der Waals surface area contributed by atoms with Crippen LogP contribution in [-0.4, -0.2) is 3.71 Å². The van der Waals surface area contributed by atoms with Gasteiger partial charge in [0.2, 0.25) is 0 Å². The first-order valence-corrected chi connectivity index (χ1v) is 8.48. The summed E-state index contributed by atoms with van der Waals surface area (Å²) in [6.07, 6.45) is 1.05. The molecular weight excluding hydrogens is 402 g/mol. The number of hydrogen-bond donors (Lipinski definition) is 0. The standard InChI is InChI=1S/C13H9.C5H5.C2H4.2ClH.Zr/c1-3-7-12-10(5-1)9-11-6-2-4-8-13(11)12;1-2-4-5-3-1;1-2;;;/h1-5,7-8H,9H2;1-5H;1H,2H3;2*1H;/q2*-1;;;;+2/p-2. The van der Waals surface area contributed by atoms with E-state index in [0.29, 0.717) is 0 Å². The van der Waals surface area contributed by atoms with E-state index in [-0.39, 0.29) is 24.8 Å². The molecule has 0 saturated heterocycles. The van der Waals surface area contributed by atoms with Crippen molar-refractivity contribution in [2.45, 2.75) is 13.3 Å². The van der Waals surface area contributed by atoms with Crippen LogP contribution in [0.4, 0.5) is 0 Å². The molecule has 118 valence electrons. The van der Waals surface area contributed by atoms with E-state index in [1.165, 1.54) is 46.5 Å². The maximum atomic E-state index is 3.30. The molecule has 0 unspecified atom stereocenters. The molecule has 0 atom stereocenters. The van der Waals surface area contributed by atoms with Gasteiger partial charge in [0.05, 0.1) is 0 Å². The van der Waals surface area contributed by atoms with Crippen LogP contribution in [-0.2, 0) is 30.7 Å². The molecule has 3 aromatic carbocycles. The minimum Gasteiger partial charge on any atom is -1.00 e. The van der Waals surface area contributed by atoms with Gasteiger partial charge in [0.25, 0.3) is 0 Å². The second kappa shape index (κ2) is 12.5. The number of benzene rings is 2. The summed E-state index contributed by atoms with van der Waals surface area (Å²) in [4.78, 5) is 0. The van der Waals surface area contributed by atoms with Crippen molar-refractivity contribution in [2.24, 2.45) is 0 Å². The van der Waals surface area contributed by atoms with Crippen molar-refractivity contribution >= 4 is 3.71 Å². The third-order valence-corrected chi connectivity index (χ3v) is 3.17. The Hall–Kier alpha value is -0.877. The maximum Gasteiger partial charge on any atom is -0.0253 e. The van der Waals surface area contributed by atoms with Crippen molar-refractivity contribution < 1.29 is 49.0 Å². The molecule has 3 heteroatoms. The fourth-order valence-electron chi connectivity index (χ4n) is 2.32. The zero-order valence-corrected chi connectivity index (χ0v) is 16.9. The van der Waals surface area contributed by atoms with E-state index >= 15 is 0 Å². The van der Waals surface area contributed by atoms with Crippen LogP contribution in [0, 0.1) is 6.07 Å². The Morgan fingerprint density at radius 1 is 0.957 bits per heavy atom. The van der Waals surface area contributed by atoms with Crippen LogP contribution in [0.25, 0.3) is 11.1 Å². The number of halogens is 2. The van der Waals surface area contributed by atoms with E-state index in [0.717, 1.165) is 6.42 Å². The first-order valence-electron chi connectivity index (χ1n) is 7.06. The van der Waals surface area contributed by atoms with Gasteiger partial charge in [-0.2, -0.15) is 48.0 Å². The summed E-state index contributed by atoms with van der Waals surface area (Å²) in [6, 6.07) is 28.1. The van der Waals surface area contributed by atoms with E-state index in [2.05, 4.69) is 46.2 Å². The molecule has 0 radical (unpaired) electrons. The van der Waals surface area contributed by atoms with E-state index in [1.54, 1.807) is 0 Å². The molecule has 1 aliphatic carbocycles. The van der Waals surface area contributed by atoms with Crippen LogP contribution in [0.15, 0.2) is 72.8 Å². The molecule has 4 rings (SSSR count). The minimum absolute atomic E-state index is 0. The molecule has 1 aliphatic rings. The number of fused-ring (bicyclic) bond motifs is 3. The third-order valence-electron chi connectivity index (χ3n) is 3.17. The summed E-state index contributed by atoms with van der Waals surface area (Å²) in [6.45, 7) is 2.04. The second-order valence-corrected chi connectivity index (χ2v) is 6.07. The maximum absolute atomic E-state index is 3.30. The van der Waals surface area contributed by atoms with Crippen molar-refractivity contribution in [2.75, 3.05) is 0 Å². The molecule has 0 spiro atoms. The third kappa shape index (κ3) is 6.63. The summed E-state index contributed by atoms with van der Waals surface area (Å²) in [5, 5.41) is 0. The predicted molar refractivity (Wildman–Crippen MR) is 87.3 cm³/mol. The van der Waals surface area contributed by atoms with Gasteiger partial charge < -0.3 is 24.8 Å². The Morgan fingerprint density at radius 2 is 1.57 bits per heavy atom. The molecule has 23 heavy (non-hydrogen) atoms.